The number of nitrogen functional groups attached to an aromatic ring is 1. The standard InChI is InChI=1S/C29H27N3O5/c1-36-27-17-16-20(18-25(27)33)26(14-7-15-28(34)31-24-12-5-4-11-22(24)30)37-29(35)32-23-13-6-9-19-8-2-3-10-21(19)23/h2-13,15-18,26,33H,14,30H2,1H3,(H,31,34)(H,32,35)/b15-7+/t26-/m1/s1. The van der Waals surface area contributed by atoms with Crippen LogP contribution >= 0.6 is 0 Å². The van der Waals surface area contributed by atoms with Crippen LogP contribution in [0.5, 0.6) is 11.5 Å². The summed E-state index contributed by atoms with van der Waals surface area (Å²) in [5.74, 6) is -0.183. The number of nitrogens with one attached hydrogen (secondary N) is 2. The second-order valence-corrected chi connectivity index (χ2v) is 8.19. The van der Waals surface area contributed by atoms with Gasteiger partial charge in [0.15, 0.2) is 11.5 Å². The van der Waals surface area contributed by atoms with Crippen LogP contribution in [-0.4, -0.2) is 24.2 Å². The van der Waals surface area contributed by atoms with Crippen molar-refractivity contribution in [2.24, 2.45) is 0 Å². The van der Waals surface area contributed by atoms with Crippen molar-refractivity contribution in [1.82, 2.24) is 0 Å². The predicted octanol–water partition coefficient (Wildman–Crippen LogP) is 6.01. The fourth-order valence-corrected chi connectivity index (χ4v) is 3.85. The topological polar surface area (TPSA) is 123 Å². The van der Waals surface area contributed by atoms with Crippen molar-refractivity contribution < 1.29 is 24.2 Å². The normalized spacial score (nSPS) is 11.7. The molecule has 1 atom stereocenters. The molecule has 0 aliphatic rings. The van der Waals surface area contributed by atoms with E-state index < -0.39 is 12.2 Å². The van der Waals surface area contributed by atoms with Gasteiger partial charge < -0.3 is 25.6 Å². The van der Waals surface area contributed by atoms with Gasteiger partial charge in [-0.05, 0) is 47.4 Å². The number of nitrogens with two attached hydrogens (primary N) is 1. The van der Waals surface area contributed by atoms with Crippen molar-refractivity contribution in [3.05, 3.63) is 103 Å². The lowest BCUT2D eigenvalue weighted by Crippen LogP contribution is -2.18. The fraction of sp³-hybridized carbons (Fsp3) is 0.103. The number of para-hydroxylation sites is 2. The quantitative estimate of drug-likeness (QED) is 0.175. The van der Waals surface area contributed by atoms with Gasteiger partial charge in [-0.2, -0.15) is 0 Å². The van der Waals surface area contributed by atoms with Gasteiger partial charge in [-0.1, -0.05) is 60.7 Å². The van der Waals surface area contributed by atoms with E-state index in [-0.39, 0.29) is 23.8 Å². The Kier molecular flexibility index (Phi) is 7.90. The molecule has 4 aromatic carbocycles. The summed E-state index contributed by atoms with van der Waals surface area (Å²) in [6.07, 6.45) is 1.64. The zero-order valence-electron chi connectivity index (χ0n) is 20.2. The number of carbonyl (C=O) groups is 2. The number of hydrogen-bond donors (Lipinski definition) is 4. The van der Waals surface area contributed by atoms with Crippen molar-refractivity contribution in [2.45, 2.75) is 12.5 Å². The molecule has 8 heteroatoms. The van der Waals surface area contributed by atoms with Crippen molar-refractivity contribution in [3.63, 3.8) is 0 Å². The van der Waals surface area contributed by atoms with E-state index in [4.69, 9.17) is 15.2 Å². The molecule has 188 valence electrons. The monoisotopic (exact) mass is 497 g/mol. The Balaban J connectivity index is 1.50. The number of aromatic hydroxyl groups is 1. The number of amides is 2. The Labute approximate surface area is 214 Å². The molecule has 0 aliphatic heterocycles. The van der Waals surface area contributed by atoms with E-state index >= 15 is 0 Å². The first-order chi connectivity index (χ1) is 17.9. The smallest absolute Gasteiger partial charge is 0.412 e. The molecule has 0 bridgehead atoms. The lowest BCUT2D eigenvalue weighted by atomic mass is 10.1. The summed E-state index contributed by atoms with van der Waals surface area (Å²) in [7, 11) is 1.45. The minimum atomic E-state index is -0.794. The number of benzene rings is 4. The van der Waals surface area contributed by atoms with Crippen molar-refractivity contribution in [1.29, 1.82) is 0 Å². The van der Waals surface area contributed by atoms with Gasteiger partial charge in [0.2, 0.25) is 5.91 Å². The Morgan fingerprint density at radius 2 is 1.68 bits per heavy atom. The zero-order chi connectivity index (χ0) is 26.2. The molecule has 0 radical (unpaired) electrons. The molecule has 5 N–H and O–H groups in total. The van der Waals surface area contributed by atoms with Crippen molar-refractivity contribution in [3.8, 4) is 11.5 Å². The first-order valence-electron chi connectivity index (χ1n) is 11.6. The summed E-state index contributed by atoms with van der Waals surface area (Å²) in [6.45, 7) is 0. The van der Waals surface area contributed by atoms with E-state index in [0.717, 1.165) is 10.8 Å². The van der Waals surface area contributed by atoms with Gasteiger partial charge in [-0.15, -0.1) is 0 Å². The molecule has 2 amide bonds. The molecular formula is C29H27N3O5. The first-order valence-corrected chi connectivity index (χ1v) is 11.6. The molecule has 4 rings (SSSR count). The predicted molar refractivity (Wildman–Crippen MR) is 145 cm³/mol. The molecule has 4 aromatic rings. The summed E-state index contributed by atoms with van der Waals surface area (Å²) in [6, 6.07) is 24.9. The average Bonchev–Trinajstić information content (AvgIpc) is 2.89. The van der Waals surface area contributed by atoms with E-state index in [0.29, 0.717) is 22.6 Å². The minimum Gasteiger partial charge on any atom is -0.504 e. The van der Waals surface area contributed by atoms with Crippen molar-refractivity contribution >= 4 is 39.8 Å². The van der Waals surface area contributed by atoms with Gasteiger partial charge in [-0.25, -0.2) is 4.79 Å². The largest absolute Gasteiger partial charge is 0.504 e. The van der Waals surface area contributed by atoms with E-state index in [9.17, 15) is 14.7 Å². The molecule has 0 saturated carbocycles. The average molecular weight is 498 g/mol. The third-order valence-electron chi connectivity index (χ3n) is 5.69. The highest BCUT2D eigenvalue weighted by Crippen LogP contribution is 2.32. The summed E-state index contributed by atoms with van der Waals surface area (Å²) in [5, 5.41) is 17.6. The van der Waals surface area contributed by atoms with Crippen LogP contribution in [0.25, 0.3) is 10.8 Å². The highest BCUT2D eigenvalue weighted by atomic mass is 16.6. The van der Waals surface area contributed by atoms with Gasteiger partial charge in [-0.3, -0.25) is 10.1 Å². The number of ether oxygens (including phenoxy) is 2. The van der Waals surface area contributed by atoms with E-state index in [1.54, 1.807) is 48.5 Å². The molecule has 37 heavy (non-hydrogen) atoms. The first kappa shape index (κ1) is 25.1. The maximum Gasteiger partial charge on any atom is 0.412 e. The van der Waals surface area contributed by atoms with E-state index in [1.807, 2.05) is 36.4 Å². The van der Waals surface area contributed by atoms with Crippen LogP contribution in [0.4, 0.5) is 21.9 Å². The van der Waals surface area contributed by atoms with Crippen molar-refractivity contribution in [2.75, 3.05) is 23.5 Å². The lowest BCUT2D eigenvalue weighted by Gasteiger charge is -2.19. The highest BCUT2D eigenvalue weighted by Gasteiger charge is 2.18. The van der Waals surface area contributed by atoms with Gasteiger partial charge in [0.05, 0.1) is 24.2 Å². The Hall–Kier alpha value is -4.98. The maximum absolute atomic E-state index is 12.9. The van der Waals surface area contributed by atoms with Gasteiger partial charge in [0, 0.05) is 11.8 Å². The molecule has 0 saturated heterocycles. The number of methoxy groups -OCH3 is 1. The molecule has 0 aliphatic carbocycles. The van der Waals surface area contributed by atoms with Crippen LogP contribution in [0.2, 0.25) is 0 Å². The van der Waals surface area contributed by atoms with Crippen LogP contribution < -0.4 is 21.1 Å². The second-order valence-electron chi connectivity index (χ2n) is 8.19. The summed E-state index contributed by atoms with van der Waals surface area (Å²) < 4.78 is 10.8. The number of rotatable bonds is 8. The number of phenolic OH excluding ortho intramolecular Hbond substituents is 1. The molecule has 0 spiro atoms. The molecule has 0 unspecified atom stereocenters. The highest BCUT2D eigenvalue weighted by molar-refractivity contribution is 6.01. The summed E-state index contributed by atoms with van der Waals surface area (Å²) in [4.78, 5) is 25.3. The molecule has 8 nitrogen and oxygen atoms in total. The van der Waals surface area contributed by atoms with E-state index in [1.165, 1.54) is 19.3 Å². The zero-order valence-corrected chi connectivity index (χ0v) is 20.2. The van der Waals surface area contributed by atoms with Gasteiger partial charge >= 0.3 is 6.09 Å². The molecule has 0 heterocycles. The Morgan fingerprint density at radius 3 is 2.46 bits per heavy atom. The van der Waals surface area contributed by atoms with Crippen LogP contribution in [0.1, 0.15) is 18.1 Å². The Bertz CT molecular complexity index is 1450. The third-order valence-corrected chi connectivity index (χ3v) is 5.69. The minimum absolute atomic E-state index is 0.0932. The maximum atomic E-state index is 12.9. The number of carbonyl (C=O) groups excluding carboxylic acids is 2. The SMILES string of the molecule is COc1ccc([C@@H](C/C=C/C(=O)Nc2ccccc2N)OC(=O)Nc2cccc3ccccc23)cc1O. The second kappa shape index (κ2) is 11.6. The number of phenols is 1. The van der Waals surface area contributed by atoms with Crippen LogP contribution in [-0.2, 0) is 9.53 Å². The van der Waals surface area contributed by atoms with Crippen LogP contribution in [0.3, 0.4) is 0 Å². The molecule has 0 fully saturated rings. The van der Waals surface area contributed by atoms with Crippen LogP contribution in [0, 0.1) is 0 Å². The lowest BCUT2D eigenvalue weighted by molar-refractivity contribution is -0.111. The third kappa shape index (κ3) is 6.37. The summed E-state index contributed by atoms with van der Waals surface area (Å²) in [5.41, 5.74) is 7.96. The van der Waals surface area contributed by atoms with Gasteiger partial charge in [0.25, 0.3) is 0 Å². The number of hydrogen-bond acceptors (Lipinski definition) is 6. The Morgan fingerprint density at radius 1 is 0.946 bits per heavy atom. The number of fused-ring (bicyclic) bond motifs is 1. The van der Waals surface area contributed by atoms with E-state index in [2.05, 4.69) is 10.6 Å². The van der Waals surface area contributed by atoms with Crippen LogP contribution in [0.15, 0.2) is 97.1 Å². The number of anilines is 3. The molecular weight excluding hydrogens is 470 g/mol. The van der Waals surface area contributed by atoms with Gasteiger partial charge in [0.1, 0.15) is 6.10 Å². The summed E-state index contributed by atoms with van der Waals surface area (Å²) >= 11 is 0. The molecule has 0 aromatic heterocycles. The fourth-order valence-electron chi connectivity index (χ4n) is 3.85.